The van der Waals surface area contributed by atoms with E-state index >= 15 is 0 Å². The van der Waals surface area contributed by atoms with Gasteiger partial charge >= 0.3 is 0 Å². The molecule has 0 saturated heterocycles. The van der Waals surface area contributed by atoms with Crippen LogP contribution in [0.25, 0.3) is 0 Å². The number of hydrogen-bond donors (Lipinski definition) is 0. The van der Waals surface area contributed by atoms with Gasteiger partial charge in [0.1, 0.15) is 10.6 Å². The fraction of sp³-hybridized carbons (Fsp3) is 0.806. The summed E-state index contributed by atoms with van der Waals surface area (Å²) in [5, 5.41) is -0.476. The quantitative estimate of drug-likeness (QED) is 0.197. The highest BCUT2D eigenvalue weighted by Crippen LogP contribution is 2.34. The summed E-state index contributed by atoms with van der Waals surface area (Å²) in [5.41, 5.74) is 0.905. The van der Waals surface area contributed by atoms with E-state index in [0.29, 0.717) is 23.2 Å². The lowest BCUT2D eigenvalue weighted by molar-refractivity contribution is 0.213. The Labute approximate surface area is 218 Å². The fourth-order valence-electron chi connectivity index (χ4n) is 4.81. The average Bonchev–Trinajstić information content (AvgIpc) is 2.77. The van der Waals surface area contributed by atoms with E-state index in [0.717, 1.165) is 30.2 Å². The lowest BCUT2D eigenvalue weighted by atomic mass is 9.87. The second-order valence-electron chi connectivity index (χ2n) is 12.3. The summed E-state index contributed by atoms with van der Waals surface area (Å²) >= 11 is 0. The maximum atomic E-state index is 13.2. The van der Waals surface area contributed by atoms with Gasteiger partial charge in [0.05, 0.1) is 11.9 Å². The normalized spacial score (nSPS) is 15.3. The van der Waals surface area contributed by atoms with Crippen LogP contribution in [0, 0.1) is 17.8 Å². The first kappa shape index (κ1) is 32.0. The fourth-order valence-corrected chi connectivity index (χ4v) is 6.02. The summed E-state index contributed by atoms with van der Waals surface area (Å²) in [5.74, 6) is 2.53. The zero-order chi connectivity index (χ0) is 26.6. The van der Waals surface area contributed by atoms with Crippen molar-refractivity contribution in [1.29, 1.82) is 0 Å². The molecule has 3 unspecified atom stereocenters. The van der Waals surface area contributed by atoms with Crippen molar-refractivity contribution in [2.75, 3.05) is 6.61 Å². The molecule has 4 heteroatoms. The Kier molecular flexibility index (Phi) is 14.0. The summed E-state index contributed by atoms with van der Waals surface area (Å²) < 4.78 is 32.8. The monoisotopic (exact) mass is 508 g/mol. The Hall–Kier alpha value is -1.03. The van der Waals surface area contributed by atoms with E-state index in [2.05, 4.69) is 48.5 Å². The average molecular weight is 509 g/mol. The summed E-state index contributed by atoms with van der Waals surface area (Å²) in [6.45, 7) is 19.7. The van der Waals surface area contributed by atoms with Gasteiger partial charge in [0.2, 0.25) is 0 Å². The molecule has 0 aromatic heterocycles. The Bertz CT molecular complexity index is 820. The van der Waals surface area contributed by atoms with Crippen LogP contribution in [0.2, 0.25) is 0 Å². The van der Waals surface area contributed by atoms with Crippen LogP contribution in [0.5, 0.6) is 5.75 Å². The van der Waals surface area contributed by atoms with E-state index < -0.39 is 15.1 Å². The summed E-state index contributed by atoms with van der Waals surface area (Å²) in [7, 11) is -3.43. The summed E-state index contributed by atoms with van der Waals surface area (Å²) in [6, 6.07) is 5.76. The maximum absolute atomic E-state index is 13.2. The van der Waals surface area contributed by atoms with Gasteiger partial charge < -0.3 is 4.74 Å². The zero-order valence-electron chi connectivity index (χ0n) is 24.5. The maximum Gasteiger partial charge on any atom is 0.184 e. The van der Waals surface area contributed by atoms with E-state index in [4.69, 9.17) is 4.74 Å². The van der Waals surface area contributed by atoms with Crippen LogP contribution in [0.3, 0.4) is 0 Å². The van der Waals surface area contributed by atoms with E-state index in [1.54, 1.807) is 13.8 Å². The third-order valence-corrected chi connectivity index (χ3v) is 9.57. The van der Waals surface area contributed by atoms with Gasteiger partial charge in [-0.1, -0.05) is 106 Å². The van der Waals surface area contributed by atoms with Crippen LogP contribution >= 0.6 is 0 Å². The highest BCUT2D eigenvalue weighted by molar-refractivity contribution is 7.92. The highest BCUT2D eigenvalue weighted by Gasteiger charge is 2.27. The minimum Gasteiger partial charge on any atom is -0.492 e. The molecule has 0 heterocycles. The first-order chi connectivity index (χ1) is 16.3. The smallest absolute Gasteiger partial charge is 0.184 e. The van der Waals surface area contributed by atoms with Gasteiger partial charge in [0, 0.05) is 0 Å². The van der Waals surface area contributed by atoms with Gasteiger partial charge in [0.15, 0.2) is 9.84 Å². The third-order valence-electron chi connectivity index (χ3n) is 7.40. The van der Waals surface area contributed by atoms with E-state index in [9.17, 15) is 8.42 Å². The lowest BCUT2D eigenvalue weighted by Crippen LogP contribution is -2.20. The number of sulfone groups is 1. The Morgan fingerprint density at radius 2 is 1.37 bits per heavy atom. The Morgan fingerprint density at radius 1 is 0.800 bits per heavy atom. The SMILES string of the molecule is CCCC(C)CCCCC(CCC(C)CCC)COc1ccc(C(C)(C)C)cc1S(=O)(=O)C(C)C. The van der Waals surface area contributed by atoms with Crippen LogP contribution in [0.4, 0.5) is 0 Å². The molecule has 0 amide bonds. The first-order valence-corrected chi connectivity index (χ1v) is 15.9. The van der Waals surface area contributed by atoms with Crippen LogP contribution in [-0.2, 0) is 15.3 Å². The second kappa shape index (κ2) is 15.3. The molecule has 0 fully saturated rings. The Balaban J connectivity index is 3.00. The topological polar surface area (TPSA) is 43.4 Å². The second-order valence-corrected chi connectivity index (χ2v) is 14.8. The van der Waals surface area contributed by atoms with Gasteiger partial charge in [-0.3, -0.25) is 0 Å². The number of unbranched alkanes of at least 4 members (excludes halogenated alkanes) is 1. The van der Waals surface area contributed by atoms with Crippen molar-refractivity contribution in [2.24, 2.45) is 17.8 Å². The van der Waals surface area contributed by atoms with Gasteiger partial charge in [-0.05, 0) is 67.6 Å². The molecule has 0 bridgehead atoms. The van der Waals surface area contributed by atoms with E-state index in [1.165, 1.54) is 51.4 Å². The molecule has 0 radical (unpaired) electrons. The molecule has 0 N–H and O–H groups in total. The molecular weight excluding hydrogens is 452 g/mol. The van der Waals surface area contributed by atoms with E-state index in [-0.39, 0.29) is 5.41 Å². The first-order valence-electron chi connectivity index (χ1n) is 14.3. The van der Waals surface area contributed by atoms with Crippen LogP contribution in [-0.4, -0.2) is 20.3 Å². The number of hydrogen-bond acceptors (Lipinski definition) is 3. The van der Waals surface area contributed by atoms with Gasteiger partial charge in [-0.15, -0.1) is 0 Å². The van der Waals surface area contributed by atoms with Crippen LogP contribution in [0.15, 0.2) is 23.1 Å². The molecule has 1 aromatic rings. The minimum atomic E-state index is -3.43. The number of ether oxygens (including phenoxy) is 1. The predicted molar refractivity (Wildman–Crippen MR) is 152 cm³/mol. The molecule has 0 spiro atoms. The van der Waals surface area contributed by atoms with Crippen molar-refractivity contribution >= 4 is 9.84 Å². The molecule has 35 heavy (non-hydrogen) atoms. The molecular formula is C31H56O3S. The molecule has 204 valence electrons. The highest BCUT2D eigenvalue weighted by atomic mass is 32.2. The van der Waals surface area contributed by atoms with E-state index in [1.807, 2.05) is 18.2 Å². The molecule has 0 aliphatic heterocycles. The van der Waals surface area contributed by atoms with Gasteiger partial charge in [-0.25, -0.2) is 8.42 Å². The molecule has 3 nitrogen and oxygen atoms in total. The van der Waals surface area contributed by atoms with Crippen molar-refractivity contribution in [3.63, 3.8) is 0 Å². The number of benzene rings is 1. The van der Waals surface area contributed by atoms with Gasteiger partial charge in [-0.2, -0.15) is 0 Å². The van der Waals surface area contributed by atoms with Gasteiger partial charge in [0.25, 0.3) is 0 Å². The van der Waals surface area contributed by atoms with Crippen molar-refractivity contribution < 1.29 is 13.2 Å². The molecule has 0 saturated carbocycles. The molecule has 0 aliphatic carbocycles. The minimum absolute atomic E-state index is 0.118. The predicted octanol–water partition coefficient (Wildman–Crippen LogP) is 9.37. The zero-order valence-corrected chi connectivity index (χ0v) is 25.3. The van der Waals surface area contributed by atoms with Crippen LogP contribution in [0.1, 0.15) is 132 Å². The molecule has 0 aliphatic rings. The summed E-state index contributed by atoms with van der Waals surface area (Å²) in [4.78, 5) is 0.353. The summed E-state index contributed by atoms with van der Waals surface area (Å²) in [6.07, 6.45) is 12.4. The number of rotatable bonds is 17. The van der Waals surface area contributed by atoms with Crippen molar-refractivity contribution in [3.05, 3.63) is 23.8 Å². The third kappa shape index (κ3) is 11.3. The largest absolute Gasteiger partial charge is 0.492 e. The molecule has 1 aromatic carbocycles. The van der Waals surface area contributed by atoms with Crippen molar-refractivity contribution in [3.8, 4) is 5.75 Å². The lowest BCUT2D eigenvalue weighted by Gasteiger charge is -2.24. The van der Waals surface area contributed by atoms with Crippen molar-refractivity contribution in [2.45, 2.75) is 142 Å². The van der Waals surface area contributed by atoms with Crippen molar-refractivity contribution in [1.82, 2.24) is 0 Å². The Morgan fingerprint density at radius 3 is 1.91 bits per heavy atom. The molecule has 3 atom stereocenters. The molecule has 1 rings (SSSR count). The van der Waals surface area contributed by atoms with Crippen LogP contribution < -0.4 is 4.74 Å². The standard InChI is InChI=1S/C31H56O3S/c1-10-14-25(5)16-12-13-17-27(19-18-26(6)15-11-2)23-34-29-21-20-28(31(7,8)9)22-30(29)35(32,33)24(3)4/h20-22,24-27H,10-19,23H2,1-9H3.